The highest BCUT2D eigenvalue weighted by atomic mass is 19.1. The van der Waals surface area contributed by atoms with Crippen LogP contribution in [0.25, 0.3) is 22.2 Å². The van der Waals surface area contributed by atoms with Gasteiger partial charge >= 0.3 is 0 Å². The molecule has 1 saturated heterocycles. The van der Waals surface area contributed by atoms with Crippen molar-refractivity contribution in [3.8, 4) is 11.1 Å². The largest absolute Gasteiger partial charge is 0.378 e. The predicted octanol–water partition coefficient (Wildman–Crippen LogP) is 3.41. The van der Waals surface area contributed by atoms with Gasteiger partial charge in [0.1, 0.15) is 11.6 Å². The molecule has 1 fully saturated rings. The van der Waals surface area contributed by atoms with E-state index in [4.69, 9.17) is 9.72 Å². The standard InChI is InChI=1S/C22H23FN4O2/c1-14(2)25-22(28)17-11-15(3-5-18(17)23)16-4-6-19-20(12-16)26-21(13-24-19)27-7-9-29-10-8-27/h3-6,11-14H,7-10H2,1-2H3,(H,25,28). The van der Waals surface area contributed by atoms with Crippen molar-refractivity contribution in [1.82, 2.24) is 15.3 Å². The van der Waals surface area contributed by atoms with Crippen molar-refractivity contribution < 1.29 is 13.9 Å². The third-order valence-corrected chi connectivity index (χ3v) is 4.83. The van der Waals surface area contributed by atoms with Crippen molar-refractivity contribution >= 4 is 22.8 Å². The third-order valence-electron chi connectivity index (χ3n) is 4.83. The predicted molar refractivity (Wildman–Crippen MR) is 111 cm³/mol. The van der Waals surface area contributed by atoms with E-state index in [1.54, 1.807) is 18.3 Å². The molecule has 7 heteroatoms. The molecule has 0 saturated carbocycles. The summed E-state index contributed by atoms with van der Waals surface area (Å²) >= 11 is 0. The van der Waals surface area contributed by atoms with Crippen molar-refractivity contribution in [2.45, 2.75) is 19.9 Å². The van der Waals surface area contributed by atoms with Crippen molar-refractivity contribution in [3.63, 3.8) is 0 Å². The Kier molecular flexibility index (Phi) is 5.40. The molecule has 1 aliphatic heterocycles. The molecule has 6 nitrogen and oxygen atoms in total. The molecular weight excluding hydrogens is 371 g/mol. The molecule has 150 valence electrons. The van der Waals surface area contributed by atoms with Gasteiger partial charge in [0.15, 0.2) is 0 Å². The zero-order chi connectivity index (χ0) is 20.4. The van der Waals surface area contributed by atoms with Gasteiger partial charge in [-0.05, 0) is 49.2 Å². The summed E-state index contributed by atoms with van der Waals surface area (Å²) in [6.45, 7) is 6.60. The number of carbonyl (C=O) groups excluding carboxylic acids is 1. The topological polar surface area (TPSA) is 67.4 Å². The number of hydrogen-bond acceptors (Lipinski definition) is 5. The van der Waals surface area contributed by atoms with Crippen molar-refractivity contribution in [2.24, 2.45) is 0 Å². The summed E-state index contributed by atoms with van der Waals surface area (Å²) in [5.41, 5.74) is 3.17. The van der Waals surface area contributed by atoms with Crippen LogP contribution in [0.4, 0.5) is 10.2 Å². The Balaban J connectivity index is 1.69. The first-order chi connectivity index (χ1) is 14.0. The molecule has 2 aromatic carbocycles. The number of halogens is 1. The number of amides is 1. The van der Waals surface area contributed by atoms with Gasteiger partial charge in [-0.3, -0.25) is 9.78 Å². The van der Waals surface area contributed by atoms with E-state index >= 15 is 0 Å². The van der Waals surface area contributed by atoms with Crippen LogP contribution in [0, 0.1) is 5.82 Å². The molecule has 29 heavy (non-hydrogen) atoms. The van der Waals surface area contributed by atoms with Crippen LogP contribution in [0.15, 0.2) is 42.6 Å². The zero-order valence-corrected chi connectivity index (χ0v) is 16.5. The Morgan fingerprint density at radius 2 is 1.83 bits per heavy atom. The van der Waals surface area contributed by atoms with E-state index in [1.165, 1.54) is 6.07 Å². The number of rotatable bonds is 4. The lowest BCUT2D eigenvalue weighted by molar-refractivity contribution is 0.0939. The van der Waals surface area contributed by atoms with Crippen molar-refractivity contribution in [3.05, 3.63) is 54.0 Å². The minimum absolute atomic E-state index is 0.0319. The number of fused-ring (bicyclic) bond motifs is 1. The van der Waals surface area contributed by atoms with Gasteiger partial charge in [0.25, 0.3) is 5.91 Å². The maximum Gasteiger partial charge on any atom is 0.254 e. The number of nitrogens with one attached hydrogen (secondary N) is 1. The number of morpholine rings is 1. The molecule has 3 aromatic rings. The lowest BCUT2D eigenvalue weighted by atomic mass is 10.0. The van der Waals surface area contributed by atoms with E-state index in [9.17, 15) is 9.18 Å². The Bertz CT molecular complexity index is 1050. The van der Waals surface area contributed by atoms with Crippen LogP contribution in [-0.2, 0) is 4.74 Å². The summed E-state index contributed by atoms with van der Waals surface area (Å²) in [7, 11) is 0. The van der Waals surface area contributed by atoms with E-state index in [1.807, 2.05) is 32.0 Å². The highest BCUT2D eigenvalue weighted by Gasteiger charge is 2.16. The number of carbonyl (C=O) groups is 1. The van der Waals surface area contributed by atoms with Gasteiger partial charge in [0, 0.05) is 19.1 Å². The first kappa shape index (κ1) is 19.3. The highest BCUT2D eigenvalue weighted by molar-refractivity contribution is 5.96. The normalized spacial score (nSPS) is 14.4. The molecule has 0 spiro atoms. The Hall–Kier alpha value is -3.06. The molecule has 2 heterocycles. The first-order valence-electron chi connectivity index (χ1n) is 9.71. The number of aromatic nitrogens is 2. The lowest BCUT2D eigenvalue weighted by Gasteiger charge is -2.27. The fraction of sp³-hybridized carbons (Fsp3) is 0.318. The monoisotopic (exact) mass is 394 g/mol. The quantitative estimate of drug-likeness (QED) is 0.735. The molecule has 1 aliphatic rings. The van der Waals surface area contributed by atoms with Gasteiger partial charge < -0.3 is 15.0 Å². The van der Waals surface area contributed by atoms with E-state index in [0.29, 0.717) is 13.2 Å². The second-order valence-corrected chi connectivity index (χ2v) is 7.35. The SMILES string of the molecule is CC(C)NC(=O)c1cc(-c2ccc3ncc(N4CCOCC4)nc3c2)ccc1F. The van der Waals surface area contributed by atoms with E-state index < -0.39 is 11.7 Å². The summed E-state index contributed by atoms with van der Waals surface area (Å²) in [5.74, 6) is -0.148. The molecule has 0 atom stereocenters. The molecule has 0 aliphatic carbocycles. The Morgan fingerprint density at radius 3 is 2.59 bits per heavy atom. The number of nitrogens with zero attached hydrogens (tertiary/aromatic N) is 3. The van der Waals surface area contributed by atoms with E-state index in [0.717, 1.165) is 41.1 Å². The van der Waals surface area contributed by atoms with Gasteiger partial charge in [0.05, 0.1) is 36.0 Å². The van der Waals surface area contributed by atoms with Crippen LogP contribution in [0.3, 0.4) is 0 Å². The third kappa shape index (κ3) is 4.19. The minimum Gasteiger partial charge on any atom is -0.378 e. The fourth-order valence-corrected chi connectivity index (χ4v) is 3.34. The van der Waals surface area contributed by atoms with Gasteiger partial charge in [-0.1, -0.05) is 12.1 Å². The molecule has 0 unspecified atom stereocenters. The summed E-state index contributed by atoms with van der Waals surface area (Å²) in [4.78, 5) is 23.7. The molecule has 1 amide bonds. The van der Waals surface area contributed by atoms with Gasteiger partial charge in [0.2, 0.25) is 0 Å². The Labute approximate surface area is 168 Å². The van der Waals surface area contributed by atoms with Crippen LogP contribution in [0.2, 0.25) is 0 Å². The number of ether oxygens (including phenoxy) is 1. The lowest BCUT2D eigenvalue weighted by Crippen LogP contribution is -2.36. The van der Waals surface area contributed by atoms with Crippen LogP contribution >= 0.6 is 0 Å². The number of hydrogen-bond donors (Lipinski definition) is 1. The fourth-order valence-electron chi connectivity index (χ4n) is 3.34. The second-order valence-electron chi connectivity index (χ2n) is 7.35. The minimum atomic E-state index is -0.540. The summed E-state index contributed by atoms with van der Waals surface area (Å²) in [6.07, 6.45) is 1.78. The van der Waals surface area contributed by atoms with Crippen LogP contribution in [0.1, 0.15) is 24.2 Å². The van der Waals surface area contributed by atoms with E-state index in [-0.39, 0.29) is 11.6 Å². The van der Waals surface area contributed by atoms with E-state index in [2.05, 4.69) is 15.2 Å². The van der Waals surface area contributed by atoms with Crippen LogP contribution in [-0.4, -0.2) is 48.2 Å². The van der Waals surface area contributed by atoms with Crippen molar-refractivity contribution in [1.29, 1.82) is 0 Å². The number of benzene rings is 2. The molecule has 1 N–H and O–H groups in total. The molecule has 1 aromatic heterocycles. The van der Waals surface area contributed by atoms with Gasteiger partial charge in [-0.25, -0.2) is 9.37 Å². The zero-order valence-electron chi connectivity index (χ0n) is 16.5. The molecule has 4 rings (SSSR count). The van der Waals surface area contributed by atoms with Crippen molar-refractivity contribution in [2.75, 3.05) is 31.2 Å². The smallest absolute Gasteiger partial charge is 0.254 e. The highest BCUT2D eigenvalue weighted by Crippen LogP contribution is 2.26. The second kappa shape index (κ2) is 8.13. The average Bonchev–Trinajstić information content (AvgIpc) is 2.73. The summed E-state index contributed by atoms with van der Waals surface area (Å²) < 4.78 is 19.6. The Morgan fingerprint density at radius 1 is 1.10 bits per heavy atom. The molecular formula is C22H23FN4O2. The molecule has 0 bridgehead atoms. The first-order valence-corrected chi connectivity index (χ1v) is 9.71. The maximum atomic E-state index is 14.2. The summed E-state index contributed by atoms with van der Waals surface area (Å²) in [5, 5.41) is 2.73. The van der Waals surface area contributed by atoms with Gasteiger partial charge in [-0.15, -0.1) is 0 Å². The molecule has 0 radical (unpaired) electrons. The van der Waals surface area contributed by atoms with Crippen LogP contribution in [0.5, 0.6) is 0 Å². The summed E-state index contributed by atoms with van der Waals surface area (Å²) in [6, 6.07) is 10.2. The maximum absolute atomic E-state index is 14.2. The average molecular weight is 394 g/mol. The van der Waals surface area contributed by atoms with Crippen LogP contribution < -0.4 is 10.2 Å². The van der Waals surface area contributed by atoms with Gasteiger partial charge in [-0.2, -0.15) is 0 Å². The number of anilines is 1.